The van der Waals surface area contributed by atoms with Gasteiger partial charge in [0.25, 0.3) is 0 Å². The maximum atomic E-state index is 13.6. The molecular weight excluding hydrogens is 327 g/mol. The molecule has 1 aliphatic rings. The van der Waals surface area contributed by atoms with Gasteiger partial charge in [-0.1, -0.05) is 31.0 Å². The van der Waals surface area contributed by atoms with E-state index in [1.807, 2.05) is 0 Å². The van der Waals surface area contributed by atoms with E-state index >= 15 is 0 Å². The van der Waals surface area contributed by atoms with Gasteiger partial charge in [0.15, 0.2) is 0 Å². The van der Waals surface area contributed by atoms with Gasteiger partial charge < -0.3 is 20.8 Å². The molecule has 25 heavy (non-hydrogen) atoms. The summed E-state index contributed by atoms with van der Waals surface area (Å²) in [5, 5.41) is 24.9. The number of nitrogens with one attached hydrogen (secondary N) is 2. The maximum Gasteiger partial charge on any atom is 0.245 e. The van der Waals surface area contributed by atoms with Gasteiger partial charge in [0.05, 0.1) is 12.2 Å². The number of hydrogen-bond acceptors (Lipinski definition) is 4. The van der Waals surface area contributed by atoms with Crippen LogP contribution in [0.1, 0.15) is 44.3 Å². The number of aliphatic hydroxyl groups is 2. The van der Waals surface area contributed by atoms with Crippen molar-refractivity contribution in [2.24, 2.45) is 5.92 Å². The van der Waals surface area contributed by atoms with Crippen LogP contribution in [0.2, 0.25) is 0 Å². The van der Waals surface area contributed by atoms with Crippen molar-refractivity contribution in [3.63, 3.8) is 0 Å². The lowest BCUT2D eigenvalue weighted by Gasteiger charge is -2.23. The van der Waals surface area contributed by atoms with Gasteiger partial charge in [-0.05, 0) is 25.8 Å². The highest BCUT2D eigenvalue weighted by atomic mass is 19.1. The summed E-state index contributed by atoms with van der Waals surface area (Å²) in [6, 6.07) is 4.64. The van der Waals surface area contributed by atoms with Gasteiger partial charge in [0.1, 0.15) is 11.9 Å². The minimum atomic E-state index is -1.22. The minimum absolute atomic E-state index is 0.0754. The molecule has 6 nitrogen and oxygen atoms in total. The Bertz CT molecular complexity index is 602. The number of hydrogen-bond donors (Lipinski definition) is 4. The van der Waals surface area contributed by atoms with E-state index in [1.165, 1.54) is 25.1 Å². The van der Waals surface area contributed by atoms with Crippen LogP contribution >= 0.6 is 0 Å². The number of carbonyl (C=O) groups excluding carboxylic acids is 2. The molecule has 2 amide bonds. The summed E-state index contributed by atoms with van der Waals surface area (Å²) in [7, 11) is 0. The van der Waals surface area contributed by atoms with Crippen molar-refractivity contribution in [3.8, 4) is 0 Å². The third kappa shape index (κ3) is 5.24. The van der Waals surface area contributed by atoms with Gasteiger partial charge in [0, 0.05) is 18.0 Å². The molecule has 0 spiro atoms. The van der Waals surface area contributed by atoms with Crippen LogP contribution in [0.15, 0.2) is 24.3 Å². The fourth-order valence-electron chi connectivity index (χ4n) is 3.03. The van der Waals surface area contributed by atoms with Gasteiger partial charge in [-0.25, -0.2) is 4.39 Å². The van der Waals surface area contributed by atoms with Gasteiger partial charge in [-0.15, -0.1) is 0 Å². The molecule has 3 unspecified atom stereocenters. The van der Waals surface area contributed by atoms with Crippen LogP contribution in [0, 0.1) is 11.7 Å². The highest BCUT2D eigenvalue weighted by molar-refractivity contribution is 5.89. The number of benzene rings is 1. The first-order valence-electron chi connectivity index (χ1n) is 8.58. The summed E-state index contributed by atoms with van der Waals surface area (Å²) in [6.07, 6.45) is 1.23. The number of halogens is 1. The topological polar surface area (TPSA) is 98.7 Å². The first kappa shape index (κ1) is 19.3. The Morgan fingerprint density at radius 1 is 1.24 bits per heavy atom. The van der Waals surface area contributed by atoms with Gasteiger partial charge in [-0.2, -0.15) is 0 Å². The Kier molecular flexibility index (Phi) is 6.90. The molecule has 1 saturated carbocycles. The number of amides is 2. The normalized spacial score (nSPS) is 18.4. The molecule has 1 aliphatic carbocycles. The van der Waals surface area contributed by atoms with E-state index in [0.29, 0.717) is 0 Å². The van der Waals surface area contributed by atoms with Crippen LogP contribution < -0.4 is 10.6 Å². The molecule has 1 aromatic rings. The SMILES string of the molecule is CC(O)C(NC(=O)C1CCCC1)C(=O)NCC(O)c1ccccc1F. The number of aliphatic hydroxyl groups excluding tert-OH is 2. The minimum Gasteiger partial charge on any atom is -0.391 e. The second-order valence-corrected chi connectivity index (χ2v) is 6.49. The Balaban J connectivity index is 1.91. The van der Waals surface area contributed by atoms with Gasteiger partial charge >= 0.3 is 0 Å². The molecule has 7 heteroatoms. The lowest BCUT2D eigenvalue weighted by Crippen LogP contribution is -2.54. The van der Waals surface area contributed by atoms with E-state index in [2.05, 4.69) is 10.6 Å². The van der Waals surface area contributed by atoms with Crippen molar-refractivity contribution in [1.82, 2.24) is 10.6 Å². The lowest BCUT2D eigenvalue weighted by molar-refractivity contribution is -0.133. The summed E-state index contributed by atoms with van der Waals surface area (Å²) in [4.78, 5) is 24.4. The van der Waals surface area contributed by atoms with Crippen molar-refractivity contribution in [1.29, 1.82) is 0 Å². The molecule has 1 fully saturated rings. The Morgan fingerprint density at radius 3 is 2.48 bits per heavy atom. The van der Waals surface area contributed by atoms with E-state index in [0.717, 1.165) is 25.7 Å². The predicted molar refractivity (Wildman–Crippen MR) is 89.9 cm³/mol. The average Bonchev–Trinajstić information content (AvgIpc) is 3.12. The van der Waals surface area contributed by atoms with E-state index < -0.39 is 30.0 Å². The zero-order valence-corrected chi connectivity index (χ0v) is 14.2. The summed E-state index contributed by atoms with van der Waals surface area (Å²) in [6.45, 7) is 1.19. The average molecular weight is 352 g/mol. The van der Waals surface area contributed by atoms with Crippen molar-refractivity contribution in [2.75, 3.05) is 6.54 Å². The standard InChI is InChI=1S/C18H25FN2O4/c1-11(22)16(21-17(24)12-6-2-3-7-12)18(25)20-10-15(23)13-8-4-5-9-14(13)19/h4-5,8-9,11-12,15-16,22-23H,2-3,6-7,10H2,1H3,(H,20,25)(H,21,24). The van der Waals surface area contributed by atoms with E-state index in [-0.39, 0.29) is 23.9 Å². The first-order valence-corrected chi connectivity index (χ1v) is 8.58. The molecule has 0 saturated heterocycles. The smallest absolute Gasteiger partial charge is 0.245 e. The van der Waals surface area contributed by atoms with Crippen molar-refractivity contribution < 1.29 is 24.2 Å². The van der Waals surface area contributed by atoms with Crippen molar-refractivity contribution >= 4 is 11.8 Å². The molecule has 2 rings (SSSR count). The first-order chi connectivity index (χ1) is 11.9. The number of carbonyl (C=O) groups is 2. The lowest BCUT2D eigenvalue weighted by atomic mass is 10.1. The van der Waals surface area contributed by atoms with Crippen molar-refractivity contribution in [2.45, 2.75) is 50.9 Å². The van der Waals surface area contributed by atoms with Gasteiger partial charge in [0.2, 0.25) is 11.8 Å². The molecule has 4 N–H and O–H groups in total. The molecule has 0 aliphatic heterocycles. The Hall–Kier alpha value is -1.99. The van der Waals surface area contributed by atoms with Crippen LogP contribution in [0.3, 0.4) is 0 Å². The van der Waals surface area contributed by atoms with Crippen LogP contribution in [0.25, 0.3) is 0 Å². The number of rotatable bonds is 7. The monoisotopic (exact) mass is 352 g/mol. The highest BCUT2D eigenvalue weighted by Gasteiger charge is 2.30. The fraction of sp³-hybridized carbons (Fsp3) is 0.556. The fourth-order valence-corrected chi connectivity index (χ4v) is 3.03. The molecule has 0 radical (unpaired) electrons. The molecule has 0 aromatic heterocycles. The summed E-state index contributed by atoms with van der Waals surface area (Å²) >= 11 is 0. The third-order valence-corrected chi connectivity index (χ3v) is 4.52. The molecular formula is C18H25FN2O4. The summed E-state index contributed by atoms with van der Waals surface area (Å²) < 4.78 is 13.6. The maximum absolute atomic E-state index is 13.6. The van der Waals surface area contributed by atoms with Crippen molar-refractivity contribution in [3.05, 3.63) is 35.6 Å². The van der Waals surface area contributed by atoms with Crippen LogP contribution in [0.4, 0.5) is 4.39 Å². The quantitative estimate of drug-likeness (QED) is 0.589. The molecule has 138 valence electrons. The van der Waals surface area contributed by atoms with E-state index in [9.17, 15) is 24.2 Å². The van der Waals surface area contributed by atoms with Crippen LogP contribution in [-0.2, 0) is 9.59 Å². The largest absolute Gasteiger partial charge is 0.391 e. The second kappa shape index (κ2) is 8.92. The summed E-state index contributed by atoms with van der Waals surface area (Å²) in [5.74, 6) is -1.55. The predicted octanol–water partition coefficient (Wildman–Crippen LogP) is 1.03. The molecule has 3 atom stereocenters. The van der Waals surface area contributed by atoms with Crippen LogP contribution in [-0.4, -0.2) is 40.7 Å². The molecule has 0 bridgehead atoms. The zero-order chi connectivity index (χ0) is 18.4. The second-order valence-electron chi connectivity index (χ2n) is 6.49. The highest BCUT2D eigenvalue weighted by Crippen LogP contribution is 2.24. The summed E-state index contributed by atoms with van der Waals surface area (Å²) in [5.41, 5.74) is 0.0754. The Morgan fingerprint density at radius 2 is 1.88 bits per heavy atom. The van der Waals surface area contributed by atoms with E-state index in [1.54, 1.807) is 6.07 Å². The molecule has 1 aromatic carbocycles. The Labute approximate surface area is 146 Å². The zero-order valence-electron chi connectivity index (χ0n) is 14.2. The third-order valence-electron chi connectivity index (χ3n) is 4.52. The van der Waals surface area contributed by atoms with Gasteiger partial charge in [-0.3, -0.25) is 9.59 Å². The van der Waals surface area contributed by atoms with E-state index in [4.69, 9.17) is 0 Å². The molecule has 0 heterocycles. The van der Waals surface area contributed by atoms with Crippen LogP contribution in [0.5, 0.6) is 0 Å².